The fourth-order valence-corrected chi connectivity index (χ4v) is 3.72. The third kappa shape index (κ3) is 3.04. The molecule has 3 N–H and O–H groups in total. The van der Waals surface area contributed by atoms with Crippen LogP contribution in [0.1, 0.15) is 12.8 Å². The Hall–Kier alpha value is -0.940. The van der Waals surface area contributed by atoms with Crippen molar-refractivity contribution >= 4 is 49.5 Å². The van der Waals surface area contributed by atoms with Gasteiger partial charge in [0.25, 0.3) is 0 Å². The van der Waals surface area contributed by atoms with Crippen molar-refractivity contribution in [3.63, 3.8) is 0 Å². The second-order valence-corrected chi connectivity index (χ2v) is 7.94. The number of sulfonamides is 1. The average molecular weight is 407 g/mol. The second-order valence-electron chi connectivity index (χ2n) is 5.00. The highest BCUT2D eigenvalue weighted by Crippen LogP contribution is 2.27. The molecule has 0 radical (unpaired) electrons. The fourth-order valence-electron chi connectivity index (χ4n) is 2.35. The summed E-state index contributed by atoms with van der Waals surface area (Å²) in [5.74, 6) is 0.789. The highest BCUT2D eigenvalue weighted by molar-refractivity contribution is 14.1. The van der Waals surface area contributed by atoms with Crippen molar-refractivity contribution in [1.82, 2.24) is 19.7 Å². The Morgan fingerprint density at radius 2 is 2.10 bits per heavy atom. The molecular formula is C11H14IN5O2S. The van der Waals surface area contributed by atoms with Gasteiger partial charge in [-0.15, -0.1) is 0 Å². The number of nitrogens with zero attached hydrogens (tertiary/aromatic N) is 2. The molecule has 2 aromatic heterocycles. The molecule has 0 atom stereocenters. The third-order valence-corrected chi connectivity index (χ3v) is 4.60. The van der Waals surface area contributed by atoms with E-state index < -0.39 is 10.0 Å². The van der Waals surface area contributed by atoms with Crippen LogP contribution in [0.15, 0.2) is 12.4 Å². The quantitative estimate of drug-likeness (QED) is 0.659. The topological polar surface area (TPSA) is 99.8 Å². The Morgan fingerprint density at radius 1 is 1.35 bits per heavy atom. The van der Waals surface area contributed by atoms with Gasteiger partial charge in [0, 0.05) is 12.1 Å². The van der Waals surface area contributed by atoms with E-state index >= 15 is 0 Å². The van der Waals surface area contributed by atoms with Crippen LogP contribution in [0.5, 0.6) is 0 Å². The molecule has 0 amide bonds. The molecule has 9 heteroatoms. The average Bonchev–Trinajstić information content (AvgIpc) is 2.65. The van der Waals surface area contributed by atoms with E-state index in [-0.39, 0.29) is 12.1 Å². The first-order valence-corrected chi connectivity index (χ1v) is 9.11. The summed E-state index contributed by atoms with van der Waals surface area (Å²) >= 11 is 2.20. The Kier molecular flexibility index (Phi) is 3.58. The summed E-state index contributed by atoms with van der Waals surface area (Å²) in [6.45, 7) is 0. The fraction of sp³-hybridized carbons (Fsp3) is 0.455. The van der Waals surface area contributed by atoms with Crippen LogP contribution in [0, 0.1) is 3.70 Å². The van der Waals surface area contributed by atoms with E-state index in [0.717, 1.165) is 33.4 Å². The van der Waals surface area contributed by atoms with E-state index in [1.165, 1.54) is 12.6 Å². The maximum Gasteiger partial charge on any atom is 0.208 e. The van der Waals surface area contributed by atoms with Crippen molar-refractivity contribution in [3.8, 4) is 0 Å². The van der Waals surface area contributed by atoms with Gasteiger partial charge in [0.1, 0.15) is 17.8 Å². The molecule has 1 saturated carbocycles. The van der Waals surface area contributed by atoms with Gasteiger partial charge < -0.3 is 10.3 Å². The van der Waals surface area contributed by atoms with Crippen LogP contribution in [-0.4, -0.2) is 41.7 Å². The Balaban J connectivity index is 1.67. The van der Waals surface area contributed by atoms with Crippen molar-refractivity contribution in [2.45, 2.75) is 24.9 Å². The van der Waals surface area contributed by atoms with Gasteiger partial charge in [-0.1, -0.05) is 0 Å². The predicted octanol–water partition coefficient (Wildman–Crippen LogP) is 1.05. The molecular weight excluding hydrogens is 393 g/mol. The normalized spacial score (nSPS) is 22.7. The molecule has 0 aliphatic heterocycles. The van der Waals surface area contributed by atoms with E-state index in [2.05, 4.69) is 47.6 Å². The zero-order valence-corrected chi connectivity index (χ0v) is 13.7. The van der Waals surface area contributed by atoms with Gasteiger partial charge in [-0.05, 0) is 41.5 Å². The van der Waals surface area contributed by atoms with Gasteiger partial charge in [-0.2, -0.15) is 0 Å². The number of rotatable bonds is 4. The van der Waals surface area contributed by atoms with Gasteiger partial charge in [0.05, 0.1) is 15.3 Å². The van der Waals surface area contributed by atoms with Crippen LogP contribution in [0.25, 0.3) is 11.0 Å². The predicted molar refractivity (Wildman–Crippen MR) is 85.0 cm³/mol. The number of H-pyrrole nitrogens is 1. The van der Waals surface area contributed by atoms with Crippen LogP contribution in [0.4, 0.5) is 5.82 Å². The Bertz CT molecular complexity index is 738. The molecule has 1 aliphatic rings. The molecule has 2 aromatic rings. The summed E-state index contributed by atoms with van der Waals surface area (Å²) in [4.78, 5) is 11.6. The van der Waals surface area contributed by atoms with E-state index in [9.17, 15) is 8.42 Å². The number of fused-ring (bicyclic) bond motifs is 1. The van der Waals surface area contributed by atoms with E-state index in [4.69, 9.17) is 0 Å². The number of aromatic amines is 1. The zero-order valence-electron chi connectivity index (χ0n) is 10.7. The summed E-state index contributed by atoms with van der Waals surface area (Å²) in [7, 11) is -3.12. The standard InChI is InChI=1S/C11H14IN5O2S/c1-20(18,19)17-7-2-6(3-7)15-10-8-4-9(12)16-11(8)14-5-13-10/h4-7,17H,2-3H2,1H3,(H2,13,14,15,16). The lowest BCUT2D eigenvalue weighted by Crippen LogP contribution is -2.49. The summed E-state index contributed by atoms with van der Waals surface area (Å²) in [6.07, 6.45) is 4.23. The molecule has 0 spiro atoms. The van der Waals surface area contributed by atoms with Gasteiger partial charge in [0.15, 0.2) is 0 Å². The first kappa shape index (κ1) is 14.0. The van der Waals surface area contributed by atoms with Crippen LogP contribution in [0.2, 0.25) is 0 Å². The molecule has 0 unspecified atom stereocenters. The number of halogens is 1. The van der Waals surface area contributed by atoms with E-state index in [0.29, 0.717) is 0 Å². The minimum absolute atomic E-state index is 0.0196. The third-order valence-electron chi connectivity index (χ3n) is 3.25. The summed E-state index contributed by atoms with van der Waals surface area (Å²) in [5, 5.41) is 4.30. The van der Waals surface area contributed by atoms with E-state index in [1.54, 1.807) is 0 Å². The number of nitrogens with one attached hydrogen (secondary N) is 3. The van der Waals surface area contributed by atoms with Crippen LogP contribution >= 0.6 is 22.6 Å². The lowest BCUT2D eigenvalue weighted by Gasteiger charge is -2.36. The summed E-state index contributed by atoms with van der Waals surface area (Å²) < 4.78 is 25.9. The monoisotopic (exact) mass is 407 g/mol. The summed E-state index contributed by atoms with van der Waals surface area (Å²) in [5.41, 5.74) is 0.803. The lowest BCUT2D eigenvalue weighted by molar-refractivity contribution is 0.346. The Labute approximate surface area is 130 Å². The first-order chi connectivity index (χ1) is 9.40. The molecule has 108 valence electrons. The maximum atomic E-state index is 11.1. The van der Waals surface area contributed by atoms with Crippen LogP contribution in [-0.2, 0) is 10.0 Å². The number of anilines is 1. The van der Waals surface area contributed by atoms with Gasteiger partial charge in [-0.25, -0.2) is 23.1 Å². The summed E-state index contributed by atoms with van der Waals surface area (Å²) in [6, 6.07) is 2.24. The molecule has 1 fully saturated rings. The van der Waals surface area contributed by atoms with Gasteiger partial charge >= 0.3 is 0 Å². The molecule has 2 heterocycles. The van der Waals surface area contributed by atoms with Crippen molar-refractivity contribution in [2.75, 3.05) is 11.6 Å². The minimum atomic E-state index is -3.12. The second kappa shape index (κ2) is 5.11. The van der Waals surface area contributed by atoms with Gasteiger partial charge in [0.2, 0.25) is 10.0 Å². The van der Waals surface area contributed by atoms with Crippen molar-refractivity contribution in [3.05, 3.63) is 16.1 Å². The highest BCUT2D eigenvalue weighted by atomic mass is 127. The minimum Gasteiger partial charge on any atom is -0.367 e. The first-order valence-electron chi connectivity index (χ1n) is 6.14. The van der Waals surface area contributed by atoms with Crippen LogP contribution in [0.3, 0.4) is 0 Å². The molecule has 0 bridgehead atoms. The number of aromatic nitrogens is 3. The Morgan fingerprint density at radius 3 is 2.80 bits per heavy atom. The molecule has 7 nitrogen and oxygen atoms in total. The zero-order chi connectivity index (χ0) is 14.3. The lowest BCUT2D eigenvalue weighted by atomic mass is 9.87. The molecule has 3 rings (SSSR count). The molecule has 20 heavy (non-hydrogen) atoms. The number of hydrogen-bond acceptors (Lipinski definition) is 5. The molecule has 0 aromatic carbocycles. The molecule has 1 aliphatic carbocycles. The largest absolute Gasteiger partial charge is 0.367 e. The van der Waals surface area contributed by atoms with Gasteiger partial charge in [-0.3, -0.25) is 0 Å². The van der Waals surface area contributed by atoms with Crippen molar-refractivity contribution < 1.29 is 8.42 Å². The number of hydrogen-bond donors (Lipinski definition) is 3. The maximum absolute atomic E-state index is 11.1. The van der Waals surface area contributed by atoms with Crippen molar-refractivity contribution in [1.29, 1.82) is 0 Å². The van der Waals surface area contributed by atoms with Crippen LogP contribution < -0.4 is 10.0 Å². The highest BCUT2D eigenvalue weighted by Gasteiger charge is 2.31. The van der Waals surface area contributed by atoms with E-state index in [1.807, 2.05) is 6.07 Å². The smallest absolute Gasteiger partial charge is 0.208 e. The molecule has 0 saturated heterocycles. The SMILES string of the molecule is CS(=O)(=O)NC1CC(Nc2ncnc3[nH]c(I)cc23)C1. The van der Waals surface area contributed by atoms with Crippen molar-refractivity contribution in [2.24, 2.45) is 0 Å².